The standard InChI is InChI=1S/C31H38ClN3O6S/c1-6-7-18-33-31(37)23(3)34(20-24-10-13-26(40-4)14-11-24)30(36)21-35(28-19-25(32)12-17-29(28)41-5)42(38,39)27-15-8-22(2)9-16-27/h8-17,19,23H,6-7,18,20-21H2,1-5H3,(H,33,37). The molecule has 0 spiro atoms. The summed E-state index contributed by atoms with van der Waals surface area (Å²) in [5, 5.41) is 3.14. The van der Waals surface area contributed by atoms with Crippen LogP contribution in [0.1, 0.15) is 37.8 Å². The largest absolute Gasteiger partial charge is 0.497 e. The van der Waals surface area contributed by atoms with Gasteiger partial charge in [0.25, 0.3) is 10.0 Å². The van der Waals surface area contributed by atoms with E-state index in [9.17, 15) is 18.0 Å². The van der Waals surface area contributed by atoms with E-state index in [2.05, 4.69) is 5.32 Å². The minimum absolute atomic E-state index is 0.00464. The van der Waals surface area contributed by atoms with Crippen LogP contribution in [0.25, 0.3) is 0 Å². The highest BCUT2D eigenvalue weighted by Crippen LogP contribution is 2.35. The maximum Gasteiger partial charge on any atom is 0.264 e. The lowest BCUT2D eigenvalue weighted by atomic mass is 10.1. The zero-order valence-electron chi connectivity index (χ0n) is 24.6. The molecule has 0 aliphatic rings. The Morgan fingerprint density at radius 3 is 2.24 bits per heavy atom. The molecule has 0 aromatic heterocycles. The lowest BCUT2D eigenvalue weighted by molar-refractivity contribution is -0.139. The first-order valence-electron chi connectivity index (χ1n) is 13.6. The van der Waals surface area contributed by atoms with Crippen LogP contribution in [0.4, 0.5) is 5.69 Å². The molecule has 0 bridgehead atoms. The van der Waals surface area contributed by atoms with Crippen LogP contribution in [-0.4, -0.2) is 58.5 Å². The fourth-order valence-corrected chi connectivity index (χ4v) is 5.84. The van der Waals surface area contributed by atoms with Gasteiger partial charge in [-0.2, -0.15) is 0 Å². The molecule has 42 heavy (non-hydrogen) atoms. The Labute approximate surface area is 253 Å². The molecule has 1 unspecified atom stereocenters. The second-order valence-corrected chi connectivity index (χ2v) is 12.1. The first kappa shape index (κ1) is 32.8. The Morgan fingerprint density at radius 2 is 1.64 bits per heavy atom. The van der Waals surface area contributed by atoms with Crippen molar-refractivity contribution in [3.05, 3.63) is 82.9 Å². The Bertz CT molecular complexity index is 1460. The number of rotatable bonds is 14. The molecule has 2 amide bonds. The Hall–Kier alpha value is -3.76. The summed E-state index contributed by atoms with van der Waals surface area (Å²) in [5.74, 6) is -0.0550. The van der Waals surface area contributed by atoms with Gasteiger partial charge in [0, 0.05) is 18.1 Å². The number of carbonyl (C=O) groups excluding carboxylic acids is 2. The predicted octanol–water partition coefficient (Wildman–Crippen LogP) is 5.19. The van der Waals surface area contributed by atoms with Crippen LogP contribution in [0.5, 0.6) is 11.5 Å². The summed E-state index contributed by atoms with van der Waals surface area (Å²) < 4.78 is 39.8. The van der Waals surface area contributed by atoms with E-state index >= 15 is 0 Å². The van der Waals surface area contributed by atoms with Crippen molar-refractivity contribution in [3.8, 4) is 11.5 Å². The van der Waals surface area contributed by atoms with Gasteiger partial charge in [-0.15, -0.1) is 0 Å². The second-order valence-electron chi connectivity index (χ2n) is 9.83. The molecule has 3 rings (SSSR count). The van der Waals surface area contributed by atoms with Crippen LogP contribution in [0.2, 0.25) is 5.02 Å². The highest BCUT2D eigenvalue weighted by atomic mass is 35.5. The summed E-state index contributed by atoms with van der Waals surface area (Å²) in [7, 11) is -1.30. The summed E-state index contributed by atoms with van der Waals surface area (Å²) in [5.41, 5.74) is 1.72. The van der Waals surface area contributed by atoms with Crippen molar-refractivity contribution in [3.63, 3.8) is 0 Å². The van der Waals surface area contributed by atoms with Gasteiger partial charge >= 0.3 is 0 Å². The second kappa shape index (κ2) is 14.9. The fourth-order valence-electron chi connectivity index (χ4n) is 4.26. The third kappa shape index (κ3) is 8.17. The average Bonchev–Trinajstić information content (AvgIpc) is 2.98. The minimum atomic E-state index is -4.26. The topological polar surface area (TPSA) is 105 Å². The summed E-state index contributed by atoms with van der Waals surface area (Å²) in [6.45, 7) is 5.43. The average molecular weight is 616 g/mol. The molecule has 1 N–H and O–H groups in total. The number of ether oxygens (including phenoxy) is 2. The molecule has 11 heteroatoms. The van der Waals surface area contributed by atoms with Crippen LogP contribution < -0.4 is 19.1 Å². The third-order valence-corrected chi connectivity index (χ3v) is 8.82. The monoisotopic (exact) mass is 615 g/mol. The Balaban J connectivity index is 2.06. The van der Waals surface area contributed by atoms with Crippen molar-refractivity contribution >= 4 is 39.1 Å². The molecule has 3 aromatic carbocycles. The van der Waals surface area contributed by atoms with Gasteiger partial charge in [-0.25, -0.2) is 8.42 Å². The van der Waals surface area contributed by atoms with E-state index in [0.717, 1.165) is 28.3 Å². The van der Waals surface area contributed by atoms with E-state index in [1.807, 2.05) is 13.8 Å². The van der Waals surface area contributed by atoms with Gasteiger partial charge in [-0.05, 0) is 68.3 Å². The molecule has 226 valence electrons. The van der Waals surface area contributed by atoms with Crippen molar-refractivity contribution in [2.75, 3.05) is 31.6 Å². The summed E-state index contributed by atoms with van der Waals surface area (Å²) in [4.78, 5) is 28.6. The number of aryl methyl sites for hydroxylation is 1. The highest BCUT2D eigenvalue weighted by molar-refractivity contribution is 7.92. The predicted molar refractivity (Wildman–Crippen MR) is 165 cm³/mol. The zero-order chi connectivity index (χ0) is 30.9. The molecule has 0 radical (unpaired) electrons. The quantitative estimate of drug-likeness (QED) is 0.250. The molecule has 3 aromatic rings. The van der Waals surface area contributed by atoms with E-state index in [1.54, 1.807) is 62.6 Å². The minimum Gasteiger partial charge on any atom is -0.497 e. The summed E-state index contributed by atoms with van der Waals surface area (Å²) in [6, 6.07) is 17.1. The number of hydrogen-bond acceptors (Lipinski definition) is 6. The van der Waals surface area contributed by atoms with E-state index in [4.69, 9.17) is 21.1 Å². The van der Waals surface area contributed by atoms with E-state index < -0.39 is 28.5 Å². The van der Waals surface area contributed by atoms with Crippen LogP contribution in [0.3, 0.4) is 0 Å². The number of unbranched alkanes of at least 4 members (excludes halogenated alkanes) is 1. The number of amides is 2. The van der Waals surface area contributed by atoms with Crippen LogP contribution in [-0.2, 0) is 26.2 Å². The molecule has 0 aliphatic carbocycles. The first-order valence-corrected chi connectivity index (χ1v) is 15.5. The molecule has 0 saturated heterocycles. The SMILES string of the molecule is CCCCNC(=O)C(C)N(Cc1ccc(OC)cc1)C(=O)CN(c1cc(Cl)ccc1OC)S(=O)(=O)c1ccc(C)cc1. The highest BCUT2D eigenvalue weighted by Gasteiger charge is 2.34. The van der Waals surface area contributed by atoms with E-state index in [1.165, 1.54) is 30.2 Å². The smallest absolute Gasteiger partial charge is 0.264 e. The van der Waals surface area contributed by atoms with Crippen LogP contribution in [0, 0.1) is 6.92 Å². The first-order chi connectivity index (χ1) is 20.0. The molecule has 0 aliphatic heterocycles. The Kier molecular flexibility index (Phi) is 11.6. The lowest BCUT2D eigenvalue weighted by Crippen LogP contribution is -2.51. The van der Waals surface area contributed by atoms with Crippen LogP contribution >= 0.6 is 11.6 Å². The number of methoxy groups -OCH3 is 2. The lowest BCUT2D eigenvalue weighted by Gasteiger charge is -2.32. The van der Waals surface area contributed by atoms with Crippen molar-refractivity contribution in [2.45, 2.75) is 51.1 Å². The number of hydrogen-bond donors (Lipinski definition) is 1. The zero-order valence-corrected chi connectivity index (χ0v) is 26.2. The number of halogens is 1. The van der Waals surface area contributed by atoms with Gasteiger partial charge in [0.15, 0.2) is 0 Å². The maximum atomic E-state index is 14.1. The number of anilines is 1. The van der Waals surface area contributed by atoms with Gasteiger partial charge in [-0.1, -0.05) is 54.8 Å². The molecular weight excluding hydrogens is 578 g/mol. The molecule has 9 nitrogen and oxygen atoms in total. The van der Waals surface area contributed by atoms with Crippen molar-refractivity contribution in [2.24, 2.45) is 0 Å². The van der Waals surface area contributed by atoms with E-state index in [0.29, 0.717) is 12.3 Å². The van der Waals surface area contributed by atoms with Crippen molar-refractivity contribution in [1.29, 1.82) is 0 Å². The summed E-state index contributed by atoms with van der Waals surface area (Å²) in [6.07, 6.45) is 1.69. The third-order valence-electron chi connectivity index (χ3n) is 6.81. The Morgan fingerprint density at radius 1 is 0.976 bits per heavy atom. The van der Waals surface area contributed by atoms with Gasteiger partial charge in [0.1, 0.15) is 24.1 Å². The van der Waals surface area contributed by atoms with Gasteiger partial charge < -0.3 is 19.7 Å². The van der Waals surface area contributed by atoms with Gasteiger partial charge in [-0.3, -0.25) is 13.9 Å². The summed E-state index contributed by atoms with van der Waals surface area (Å²) >= 11 is 6.28. The van der Waals surface area contributed by atoms with E-state index in [-0.39, 0.29) is 33.8 Å². The molecule has 0 heterocycles. The van der Waals surface area contributed by atoms with Gasteiger partial charge in [0.05, 0.1) is 24.8 Å². The number of nitrogens with zero attached hydrogens (tertiary/aromatic N) is 2. The molecule has 0 saturated carbocycles. The molecule has 1 atom stereocenters. The maximum absolute atomic E-state index is 14.1. The fraction of sp³-hybridized carbons (Fsp3) is 0.355. The van der Waals surface area contributed by atoms with Gasteiger partial charge in [0.2, 0.25) is 11.8 Å². The number of sulfonamides is 1. The number of benzene rings is 3. The normalized spacial score (nSPS) is 11.9. The molecule has 0 fully saturated rings. The van der Waals surface area contributed by atoms with Crippen LogP contribution in [0.15, 0.2) is 71.6 Å². The number of carbonyl (C=O) groups is 2. The van der Waals surface area contributed by atoms with Crippen molar-refractivity contribution in [1.82, 2.24) is 10.2 Å². The number of nitrogens with one attached hydrogen (secondary N) is 1. The molecular formula is C31H38ClN3O6S. The van der Waals surface area contributed by atoms with Crippen molar-refractivity contribution < 1.29 is 27.5 Å².